The van der Waals surface area contributed by atoms with Gasteiger partial charge in [-0.3, -0.25) is 9.69 Å². The van der Waals surface area contributed by atoms with Crippen molar-refractivity contribution in [1.29, 1.82) is 0 Å². The fourth-order valence-corrected chi connectivity index (χ4v) is 3.54. The largest absolute Gasteiger partial charge is 0.384 e. The summed E-state index contributed by atoms with van der Waals surface area (Å²) in [4.78, 5) is 17.3. The first-order valence-electron chi connectivity index (χ1n) is 8.03. The van der Waals surface area contributed by atoms with Crippen LogP contribution in [0.25, 0.3) is 0 Å². The number of fused-ring (bicyclic) bond motifs is 1. The van der Waals surface area contributed by atoms with Gasteiger partial charge in [0.2, 0.25) is 5.91 Å². The van der Waals surface area contributed by atoms with Crippen LogP contribution in [-0.4, -0.2) is 54.5 Å². The van der Waals surface area contributed by atoms with Crippen LogP contribution in [0.2, 0.25) is 0 Å². The lowest BCUT2D eigenvalue weighted by atomic mass is 9.92. The van der Waals surface area contributed by atoms with Crippen LogP contribution in [-0.2, 0) is 11.2 Å². The van der Waals surface area contributed by atoms with Gasteiger partial charge in [-0.1, -0.05) is 25.1 Å². The van der Waals surface area contributed by atoms with Crippen LogP contribution in [0.15, 0.2) is 24.3 Å². The molecule has 2 aliphatic rings. The number of amides is 1. The minimum absolute atomic E-state index is 0.0836. The molecule has 0 aliphatic carbocycles. The molecule has 1 saturated heterocycles. The number of anilines is 1. The van der Waals surface area contributed by atoms with Gasteiger partial charge in [0.15, 0.2) is 0 Å². The monoisotopic (exact) mass is 287 g/mol. The van der Waals surface area contributed by atoms with Gasteiger partial charge in [0.1, 0.15) is 0 Å². The van der Waals surface area contributed by atoms with Crippen molar-refractivity contribution in [2.24, 2.45) is 5.92 Å². The van der Waals surface area contributed by atoms with Crippen LogP contribution < -0.4 is 5.32 Å². The van der Waals surface area contributed by atoms with Crippen molar-refractivity contribution in [1.82, 2.24) is 9.80 Å². The van der Waals surface area contributed by atoms with Crippen LogP contribution in [0.3, 0.4) is 0 Å². The van der Waals surface area contributed by atoms with E-state index in [4.69, 9.17) is 0 Å². The molecule has 0 radical (unpaired) electrons. The maximum absolute atomic E-state index is 12.8. The highest BCUT2D eigenvalue weighted by Gasteiger charge is 2.31. The van der Waals surface area contributed by atoms with Crippen LogP contribution in [0.4, 0.5) is 5.69 Å². The molecule has 1 fully saturated rings. The SMILES string of the molecule is CCN1CCN(C(=O)C2CNc3ccccc3C2)CC1C. The van der Waals surface area contributed by atoms with Gasteiger partial charge in [0.25, 0.3) is 0 Å². The topological polar surface area (TPSA) is 35.6 Å². The number of hydrogen-bond acceptors (Lipinski definition) is 3. The average molecular weight is 287 g/mol. The number of para-hydroxylation sites is 1. The van der Waals surface area contributed by atoms with Crippen molar-refractivity contribution < 1.29 is 4.79 Å². The van der Waals surface area contributed by atoms with Gasteiger partial charge < -0.3 is 10.2 Å². The van der Waals surface area contributed by atoms with Crippen LogP contribution in [0.5, 0.6) is 0 Å². The molecule has 1 amide bonds. The minimum atomic E-state index is 0.0836. The van der Waals surface area contributed by atoms with E-state index < -0.39 is 0 Å². The lowest BCUT2D eigenvalue weighted by Crippen LogP contribution is -2.55. The van der Waals surface area contributed by atoms with E-state index in [1.54, 1.807) is 0 Å². The average Bonchev–Trinajstić information content (AvgIpc) is 2.53. The van der Waals surface area contributed by atoms with Gasteiger partial charge in [-0.05, 0) is 31.5 Å². The Labute approximate surface area is 127 Å². The molecule has 3 rings (SSSR count). The first-order valence-corrected chi connectivity index (χ1v) is 8.03. The lowest BCUT2D eigenvalue weighted by Gasteiger charge is -2.41. The molecule has 0 bridgehead atoms. The number of carbonyl (C=O) groups is 1. The standard InChI is InChI=1S/C17H25N3O/c1-3-19-8-9-20(12-13(19)2)17(21)15-10-14-6-4-5-7-16(14)18-11-15/h4-7,13,15,18H,3,8-12H2,1-2H3. The van der Waals surface area contributed by atoms with Gasteiger partial charge >= 0.3 is 0 Å². The fraction of sp³-hybridized carbons (Fsp3) is 0.588. The van der Waals surface area contributed by atoms with E-state index in [-0.39, 0.29) is 5.92 Å². The molecule has 1 N–H and O–H groups in total. The Morgan fingerprint density at radius 1 is 1.33 bits per heavy atom. The van der Waals surface area contributed by atoms with E-state index in [1.807, 2.05) is 6.07 Å². The molecule has 114 valence electrons. The maximum Gasteiger partial charge on any atom is 0.227 e. The summed E-state index contributed by atoms with van der Waals surface area (Å²) < 4.78 is 0. The molecule has 4 nitrogen and oxygen atoms in total. The van der Waals surface area contributed by atoms with Crippen LogP contribution in [0, 0.1) is 5.92 Å². The third-order valence-corrected chi connectivity index (χ3v) is 4.85. The molecular formula is C17H25N3O. The van der Waals surface area contributed by atoms with Crippen molar-refractivity contribution >= 4 is 11.6 Å². The van der Waals surface area contributed by atoms with Crippen LogP contribution >= 0.6 is 0 Å². The maximum atomic E-state index is 12.8. The molecule has 1 aromatic carbocycles. The van der Waals surface area contributed by atoms with Gasteiger partial charge in [-0.25, -0.2) is 0 Å². The second kappa shape index (κ2) is 6.06. The normalized spacial score (nSPS) is 26.1. The van der Waals surface area contributed by atoms with Gasteiger partial charge in [0, 0.05) is 37.9 Å². The molecule has 4 heteroatoms. The smallest absolute Gasteiger partial charge is 0.227 e. The summed E-state index contributed by atoms with van der Waals surface area (Å²) in [5, 5.41) is 3.41. The predicted molar refractivity (Wildman–Crippen MR) is 85.4 cm³/mol. The molecule has 1 aromatic rings. The third-order valence-electron chi connectivity index (χ3n) is 4.85. The molecule has 0 spiro atoms. The molecular weight excluding hydrogens is 262 g/mol. The van der Waals surface area contributed by atoms with Crippen LogP contribution in [0.1, 0.15) is 19.4 Å². The minimum Gasteiger partial charge on any atom is -0.384 e. The molecule has 2 unspecified atom stereocenters. The van der Waals surface area contributed by atoms with E-state index in [2.05, 4.69) is 47.2 Å². The summed E-state index contributed by atoms with van der Waals surface area (Å²) in [7, 11) is 0. The Bertz CT molecular complexity index is 517. The number of hydrogen-bond donors (Lipinski definition) is 1. The lowest BCUT2D eigenvalue weighted by molar-refractivity contribution is -0.138. The molecule has 2 heterocycles. The van der Waals surface area contributed by atoms with Gasteiger partial charge in [0.05, 0.1) is 5.92 Å². The fourth-order valence-electron chi connectivity index (χ4n) is 3.54. The number of carbonyl (C=O) groups excluding carboxylic acids is 1. The first kappa shape index (κ1) is 14.4. The van der Waals surface area contributed by atoms with E-state index in [0.717, 1.165) is 39.1 Å². The zero-order valence-electron chi connectivity index (χ0n) is 13.0. The summed E-state index contributed by atoms with van der Waals surface area (Å²) >= 11 is 0. The van der Waals surface area contributed by atoms with Gasteiger partial charge in [-0.15, -0.1) is 0 Å². The second-order valence-electron chi connectivity index (χ2n) is 6.20. The van der Waals surface area contributed by atoms with E-state index in [9.17, 15) is 4.79 Å². The van der Waals surface area contributed by atoms with Crippen molar-refractivity contribution in [2.45, 2.75) is 26.3 Å². The van der Waals surface area contributed by atoms with E-state index in [1.165, 1.54) is 11.3 Å². The highest BCUT2D eigenvalue weighted by molar-refractivity contribution is 5.81. The zero-order valence-corrected chi connectivity index (χ0v) is 13.0. The Morgan fingerprint density at radius 2 is 2.14 bits per heavy atom. The summed E-state index contributed by atoms with van der Waals surface area (Å²) in [5.74, 6) is 0.403. The number of nitrogens with one attached hydrogen (secondary N) is 1. The second-order valence-corrected chi connectivity index (χ2v) is 6.20. The molecule has 0 saturated carbocycles. The Hall–Kier alpha value is -1.55. The summed E-state index contributed by atoms with van der Waals surface area (Å²) in [6.45, 7) is 8.98. The van der Waals surface area contributed by atoms with Crippen molar-refractivity contribution in [3.05, 3.63) is 29.8 Å². The zero-order chi connectivity index (χ0) is 14.8. The quantitative estimate of drug-likeness (QED) is 0.901. The molecule has 21 heavy (non-hydrogen) atoms. The van der Waals surface area contributed by atoms with Crippen molar-refractivity contribution in [2.75, 3.05) is 38.0 Å². The number of likely N-dealkylation sites (N-methyl/N-ethyl adjacent to an activating group) is 1. The number of rotatable bonds is 2. The van der Waals surface area contributed by atoms with Gasteiger partial charge in [-0.2, -0.15) is 0 Å². The highest BCUT2D eigenvalue weighted by atomic mass is 16.2. The molecule has 2 aliphatic heterocycles. The highest BCUT2D eigenvalue weighted by Crippen LogP contribution is 2.26. The Morgan fingerprint density at radius 3 is 2.90 bits per heavy atom. The Balaban J connectivity index is 1.65. The van der Waals surface area contributed by atoms with E-state index >= 15 is 0 Å². The summed E-state index contributed by atoms with van der Waals surface area (Å²) in [6, 6.07) is 8.78. The predicted octanol–water partition coefficient (Wildman–Crippen LogP) is 1.82. The first-order chi connectivity index (χ1) is 10.2. The van der Waals surface area contributed by atoms with Crippen molar-refractivity contribution in [3.8, 4) is 0 Å². The Kier molecular flexibility index (Phi) is 4.15. The summed E-state index contributed by atoms with van der Waals surface area (Å²) in [6.07, 6.45) is 0.865. The number of nitrogens with zero attached hydrogens (tertiary/aromatic N) is 2. The van der Waals surface area contributed by atoms with E-state index in [0.29, 0.717) is 11.9 Å². The third kappa shape index (κ3) is 2.91. The number of benzene rings is 1. The number of piperazine rings is 1. The summed E-state index contributed by atoms with van der Waals surface area (Å²) in [5.41, 5.74) is 2.45. The van der Waals surface area contributed by atoms with Crippen molar-refractivity contribution in [3.63, 3.8) is 0 Å². The molecule has 2 atom stereocenters. The molecule has 0 aromatic heterocycles.